The van der Waals surface area contributed by atoms with Crippen molar-refractivity contribution in [1.29, 1.82) is 0 Å². The lowest BCUT2D eigenvalue weighted by Gasteiger charge is -2.51. The van der Waals surface area contributed by atoms with E-state index in [0.717, 1.165) is 63.1 Å². The normalized spacial score (nSPS) is 19.7. The number of carboxylic acids is 1. The van der Waals surface area contributed by atoms with Crippen LogP contribution in [0.25, 0.3) is 0 Å². The molecule has 0 saturated carbocycles. The van der Waals surface area contributed by atoms with Crippen LogP contribution >= 0.6 is 11.6 Å². The molecule has 2 fully saturated rings. The molecule has 2 saturated heterocycles. The third-order valence-corrected chi connectivity index (χ3v) is 10.4. The van der Waals surface area contributed by atoms with E-state index in [1.807, 2.05) is 41.3 Å². The minimum atomic E-state index is -5.08. The number of halogens is 4. The lowest BCUT2D eigenvalue weighted by molar-refractivity contribution is -0.192. The molecule has 6 rings (SSSR count). The number of fused-ring (bicyclic) bond motifs is 1. The van der Waals surface area contributed by atoms with Crippen molar-refractivity contribution < 1.29 is 32.7 Å². The summed E-state index contributed by atoms with van der Waals surface area (Å²) in [5, 5.41) is 14.4. The average Bonchev–Trinajstić information content (AvgIpc) is 3.52. The maximum Gasteiger partial charge on any atom is 0.490 e. The van der Waals surface area contributed by atoms with Crippen molar-refractivity contribution >= 4 is 29.4 Å². The Labute approximate surface area is 301 Å². The zero-order valence-electron chi connectivity index (χ0n) is 28.7. The van der Waals surface area contributed by atoms with E-state index >= 15 is 0 Å². The Morgan fingerprint density at radius 3 is 2.14 bits per heavy atom. The highest BCUT2D eigenvalue weighted by atomic mass is 35.5. The number of nitrogens with one attached hydrogen (secondary N) is 2. The number of carbonyl (C=O) groups is 3. The number of rotatable bonds is 9. The van der Waals surface area contributed by atoms with Crippen LogP contribution in [-0.2, 0) is 33.8 Å². The molecule has 13 heteroatoms. The molecule has 3 N–H and O–H groups in total. The zero-order chi connectivity index (χ0) is 36.6. The summed E-state index contributed by atoms with van der Waals surface area (Å²) in [7, 11) is 2.21. The van der Waals surface area contributed by atoms with Gasteiger partial charge in [-0.2, -0.15) is 13.2 Å². The number of hydrogen-bond acceptors (Lipinski definition) is 6. The van der Waals surface area contributed by atoms with Crippen LogP contribution in [0.5, 0.6) is 0 Å². The molecule has 0 aliphatic carbocycles. The molecule has 3 aromatic rings. The lowest BCUT2D eigenvalue weighted by Crippen LogP contribution is -2.63. The van der Waals surface area contributed by atoms with Crippen LogP contribution in [-0.4, -0.2) is 102 Å². The summed E-state index contributed by atoms with van der Waals surface area (Å²) < 4.78 is 31.7. The summed E-state index contributed by atoms with van der Waals surface area (Å²) in [6.45, 7) is 5.93. The molecule has 51 heavy (non-hydrogen) atoms. The number of piperidine rings is 1. The first-order valence-electron chi connectivity index (χ1n) is 17.2. The molecule has 3 aromatic carbocycles. The third kappa shape index (κ3) is 10.3. The van der Waals surface area contributed by atoms with Crippen LogP contribution in [0.3, 0.4) is 0 Å². The second-order valence-corrected chi connectivity index (χ2v) is 14.0. The van der Waals surface area contributed by atoms with E-state index < -0.39 is 18.2 Å². The van der Waals surface area contributed by atoms with Gasteiger partial charge >= 0.3 is 12.1 Å². The summed E-state index contributed by atoms with van der Waals surface area (Å²) in [6.07, 6.45) is -1.07. The molecule has 0 radical (unpaired) electrons. The second-order valence-electron chi connectivity index (χ2n) is 13.6. The monoisotopic (exact) mass is 727 g/mol. The maximum absolute atomic E-state index is 14.1. The second kappa shape index (κ2) is 17.0. The summed E-state index contributed by atoms with van der Waals surface area (Å²) >= 11 is 6.14. The number of benzene rings is 3. The van der Waals surface area contributed by atoms with Crippen molar-refractivity contribution in [3.63, 3.8) is 0 Å². The van der Waals surface area contributed by atoms with Crippen LogP contribution < -0.4 is 10.6 Å². The van der Waals surface area contributed by atoms with Crippen molar-refractivity contribution in [3.8, 4) is 0 Å². The predicted molar refractivity (Wildman–Crippen MR) is 189 cm³/mol. The fraction of sp³-hybridized carbons (Fsp3) is 0.447. The third-order valence-electron chi connectivity index (χ3n) is 10.1. The molecule has 274 valence electrons. The molecule has 1 unspecified atom stereocenters. The van der Waals surface area contributed by atoms with Gasteiger partial charge in [0.1, 0.15) is 6.04 Å². The number of carbonyl (C=O) groups excluding carboxylic acids is 2. The number of carboxylic acid groups (broad SMARTS) is 1. The fourth-order valence-electron chi connectivity index (χ4n) is 7.29. The van der Waals surface area contributed by atoms with Crippen molar-refractivity contribution in [2.24, 2.45) is 0 Å². The van der Waals surface area contributed by atoms with Crippen molar-refractivity contribution in [2.45, 2.75) is 62.4 Å². The molecule has 2 atom stereocenters. The van der Waals surface area contributed by atoms with E-state index in [4.69, 9.17) is 21.5 Å². The first-order chi connectivity index (χ1) is 24.3. The Kier molecular flexibility index (Phi) is 12.8. The van der Waals surface area contributed by atoms with Gasteiger partial charge in [0.15, 0.2) is 0 Å². The Bertz CT molecular complexity index is 1630. The summed E-state index contributed by atoms with van der Waals surface area (Å²) in [4.78, 5) is 43.4. The van der Waals surface area contributed by atoms with Gasteiger partial charge < -0.3 is 25.5 Å². The van der Waals surface area contributed by atoms with Crippen LogP contribution in [0.1, 0.15) is 47.6 Å². The standard InChI is InChI=1S/C36H44ClN5O2.C2HF3O2/c1-40-17-15-36(16-18-40,25-28-7-3-2-4-8-28)42-21-19-41(20-22-42)35(44)33(23-27-11-13-30(37)14-12-27)39-34(43)24-32-31-10-6-5-9-29(31)26-38-32;3-2(4,5)1(6)7/h2-14,32-33,38H,15-26H2,1H3,(H,39,43);(H,6,7)/t32?,33-;/m1./s1. The fourth-order valence-corrected chi connectivity index (χ4v) is 7.42. The Hall–Kier alpha value is -3.97. The van der Waals surface area contributed by atoms with Gasteiger partial charge in [-0.25, -0.2) is 4.79 Å². The number of nitrogens with zero attached hydrogens (tertiary/aromatic N) is 3. The van der Waals surface area contributed by atoms with E-state index in [9.17, 15) is 22.8 Å². The van der Waals surface area contributed by atoms with Crippen molar-refractivity contribution in [2.75, 3.05) is 46.3 Å². The maximum atomic E-state index is 14.1. The smallest absolute Gasteiger partial charge is 0.475 e. The van der Waals surface area contributed by atoms with Gasteiger partial charge in [-0.1, -0.05) is 78.3 Å². The first-order valence-corrected chi connectivity index (χ1v) is 17.6. The summed E-state index contributed by atoms with van der Waals surface area (Å²) in [6, 6.07) is 25.9. The highest BCUT2D eigenvalue weighted by Crippen LogP contribution is 2.34. The molecular formula is C38H45ClF3N5O4. The highest BCUT2D eigenvalue weighted by Gasteiger charge is 2.42. The van der Waals surface area contributed by atoms with Gasteiger partial charge in [0.25, 0.3) is 0 Å². The number of aliphatic carboxylic acids is 1. The number of amides is 2. The largest absolute Gasteiger partial charge is 0.490 e. The molecule has 3 heterocycles. The Morgan fingerprint density at radius 2 is 1.51 bits per heavy atom. The minimum Gasteiger partial charge on any atom is -0.475 e. The molecule has 0 aromatic heterocycles. The van der Waals surface area contributed by atoms with Gasteiger partial charge in [-0.05, 0) is 73.8 Å². The predicted octanol–water partition coefficient (Wildman–Crippen LogP) is 5.09. The van der Waals surface area contributed by atoms with Crippen LogP contribution in [0.15, 0.2) is 78.9 Å². The van der Waals surface area contributed by atoms with E-state index in [1.54, 1.807) is 0 Å². The highest BCUT2D eigenvalue weighted by molar-refractivity contribution is 6.30. The molecule has 3 aliphatic heterocycles. The van der Waals surface area contributed by atoms with Crippen LogP contribution in [0.2, 0.25) is 5.02 Å². The van der Waals surface area contributed by atoms with Gasteiger partial charge in [-0.3, -0.25) is 14.5 Å². The van der Waals surface area contributed by atoms with E-state index in [2.05, 4.69) is 69.9 Å². The molecule has 0 spiro atoms. The molecule has 0 bridgehead atoms. The van der Waals surface area contributed by atoms with E-state index in [0.29, 0.717) is 31.0 Å². The summed E-state index contributed by atoms with van der Waals surface area (Å²) in [5.41, 5.74) is 4.85. The van der Waals surface area contributed by atoms with E-state index in [-0.39, 0.29) is 23.4 Å². The van der Waals surface area contributed by atoms with Crippen LogP contribution in [0.4, 0.5) is 13.2 Å². The molecular weight excluding hydrogens is 683 g/mol. The number of hydrogen-bond donors (Lipinski definition) is 3. The topological polar surface area (TPSA) is 105 Å². The Morgan fingerprint density at radius 1 is 0.902 bits per heavy atom. The van der Waals surface area contributed by atoms with Gasteiger partial charge in [-0.15, -0.1) is 0 Å². The number of piperazine rings is 1. The quantitative estimate of drug-likeness (QED) is 0.282. The zero-order valence-corrected chi connectivity index (χ0v) is 29.4. The number of alkyl halides is 3. The lowest BCUT2D eigenvalue weighted by atomic mass is 9.80. The van der Waals surface area contributed by atoms with E-state index in [1.165, 1.54) is 11.1 Å². The minimum absolute atomic E-state index is 0.00628. The first kappa shape index (κ1) is 38.3. The van der Waals surface area contributed by atoms with Gasteiger partial charge in [0, 0.05) is 62.2 Å². The molecule has 9 nitrogen and oxygen atoms in total. The van der Waals surface area contributed by atoms with Crippen LogP contribution in [0, 0.1) is 0 Å². The van der Waals surface area contributed by atoms with Crippen molar-refractivity contribution in [1.82, 2.24) is 25.3 Å². The average molecular weight is 728 g/mol. The number of likely N-dealkylation sites (tertiary alicyclic amines) is 1. The van der Waals surface area contributed by atoms with Gasteiger partial charge in [0.05, 0.1) is 0 Å². The molecule has 3 aliphatic rings. The molecule has 2 amide bonds. The summed E-state index contributed by atoms with van der Waals surface area (Å²) in [5.74, 6) is -2.88. The van der Waals surface area contributed by atoms with Crippen molar-refractivity contribution in [3.05, 3.63) is 106 Å². The van der Waals surface area contributed by atoms with Gasteiger partial charge in [0.2, 0.25) is 11.8 Å². The SMILES string of the molecule is CN1CCC(Cc2ccccc2)(N2CCN(C(=O)[C@@H](Cc3ccc(Cl)cc3)NC(=O)CC3NCc4ccccc43)CC2)CC1.O=C(O)C(F)(F)F. The Balaban J connectivity index is 0.000000654.